The first-order valence-electron chi connectivity index (χ1n) is 5.88. The van der Waals surface area contributed by atoms with Gasteiger partial charge in [0.2, 0.25) is 5.91 Å². The average molecular weight is 269 g/mol. The van der Waals surface area contributed by atoms with Gasteiger partial charge in [-0.2, -0.15) is 0 Å². The molecule has 1 heterocycles. The van der Waals surface area contributed by atoms with Gasteiger partial charge in [0.1, 0.15) is 6.61 Å². The van der Waals surface area contributed by atoms with Crippen molar-refractivity contribution in [2.75, 3.05) is 18.5 Å². The highest BCUT2D eigenvalue weighted by Gasteiger charge is 2.19. The second-order valence-corrected chi connectivity index (χ2v) is 4.24. The molecule has 0 radical (unpaired) electrons. The minimum atomic E-state index is -2.52. The molecule has 1 aromatic rings. The van der Waals surface area contributed by atoms with Crippen LogP contribution in [-0.4, -0.2) is 31.3 Å². The third-order valence-corrected chi connectivity index (χ3v) is 2.77. The maximum Gasteiger partial charge on any atom is 0.261 e. The van der Waals surface area contributed by atoms with Gasteiger partial charge in [0.25, 0.3) is 6.43 Å². The molecule has 1 aliphatic rings. The lowest BCUT2D eigenvalue weighted by atomic mass is 10.0. The van der Waals surface area contributed by atoms with Crippen LogP contribution in [0, 0.1) is 0 Å². The second-order valence-electron chi connectivity index (χ2n) is 4.24. The van der Waals surface area contributed by atoms with Crippen molar-refractivity contribution in [3.05, 3.63) is 29.3 Å². The number of amides is 1. The van der Waals surface area contributed by atoms with Crippen LogP contribution < -0.4 is 5.32 Å². The zero-order valence-electron chi connectivity index (χ0n) is 10.1. The van der Waals surface area contributed by atoms with Crippen LogP contribution in [0.4, 0.5) is 14.5 Å². The number of carbonyl (C=O) groups is 2. The number of nitrogens with one attached hydrogen (secondary N) is 1. The highest BCUT2D eigenvalue weighted by atomic mass is 19.3. The van der Waals surface area contributed by atoms with E-state index in [1.54, 1.807) is 18.2 Å². The van der Waals surface area contributed by atoms with Gasteiger partial charge in [0, 0.05) is 17.7 Å². The molecule has 0 bridgehead atoms. The van der Waals surface area contributed by atoms with Gasteiger partial charge in [0.05, 0.1) is 13.0 Å². The summed E-state index contributed by atoms with van der Waals surface area (Å²) in [7, 11) is 0. The number of rotatable bonds is 6. The normalized spacial score (nSPS) is 13.5. The predicted octanol–water partition coefficient (Wildman–Crippen LogP) is 2.04. The van der Waals surface area contributed by atoms with E-state index in [-0.39, 0.29) is 31.1 Å². The van der Waals surface area contributed by atoms with E-state index in [0.29, 0.717) is 5.56 Å². The Morgan fingerprint density at radius 3 is 2.95 bits per heavy atom. The van der Waals surface area contributed by atoms with Gasteiger partial charge in [-0.1, -0.05) is 0 Å². The fourth-order valence-corrected chi connectivity index (χ4v) is 1.88. The zero-order valence-corrected chi connectivity index (χ0v) is 10.1. The van der Waals surface area contributed by atoms with E-state index in [1.807, 2.05) is 0 Å². The van der Waals surface area contributed by atoms with Crippen molar-refractivity contribution in [3.63, 3.8) is 0 Å². The first-order valence-corrected chi connectivity index (χ1v) is 5.88. The molecule has 0 spiro atoms. The standard InChI is InChI=1S/C13H13F2NO3/c14-12(15)7-19-4-3-11(17)8-1-2-10-9(5-8)6-13(18)16-10/h1-2,5,12H,3-4,6-7H2,(H,16,18). The van der Waals surface area contributed by atoms with E-state index in [9.17, 15) is 18.4 Å². The van der Waals surface area contributed by atoms with Crippen molar-refractivity contribution in [3.8, 4) is 0 Å². The Hall–Kier alpha value is -1.82. The van der Waals surface area contributed by atoms with E-state index in [4.69, 9.17) is 0 Å². The molecule has 6 heteroatoms. The number of hydrogen-bond donors (Lipinski definition) is 1. The molecule has 0 saturated carbocycles. The minimum Gasteiger partial charge on any atom is -0.375 e. The number of ether oxygens (including phenoxy) is 1. The van der Waals surface area contributed by atoms with Crippen LogP contribution >= 0.6 is 0 Å². The van der Waals surface area contributed by atoms with E-state index in [0.717, 1.165) is 11.3 Å². The lowest BCUT2D eigenvalue weighted by molar-refractivity contribution is -0.115. The van der Waals surface area contributed by atoms with Crippen LogP contribution in [0.25, 0.3) is 0 Å². The molecule has 0 aliphatic carbocycles. The van der Waals surface area contributed by atoms with Gasteiger partial charge in [-0.25, -0.2) is 8.78 Å². The van der Waals surface area contributed by atoms with Gasteiger partial charge in [-0.3, -0.25) is 9.59 Å². The number of carbonyl (C=O) groups excluding carboxylic acids is 2. The molecule has 102 valence electrons. The van der Waals surface area contributed by atoms with Crippen molar-refractivity contribution < 1.29 is 23.1 Å². The summed E-state index contributed by atoms with van der Waals surface area (Å²) in [5, 5.41) is 2.67. The van der Waals surface area contributed by atoms with Crippen molar-refractivity contribution in [2.45, 2.75) is 19.3 Å². The zero-order chi connectivity index (χ0) is 13.8. The van der Waals surface area contributed by atoms with E-state index in [2.05, 4.69) is 10.1 Å². The SMILES string of the molecule is O=C1Cc2cc(C(=O)CCOCC(F)F)ccc2N1. The summed E-state index contributed by atoms with van der Waals surface area (Å²) in [6.07, 6.45) is -2.21. The fraction of sp³-hybridized carbons (Fsp3) is 0.385. The van der Waals surface area contributed by atoms with Crippen LogP contribution in [0.3, 0.4) is 0 Å². The number of hydrogen-bond acceptors (Lipinski definition) is 3. The van der Waals surface area contributed by atoms with Gasteiger partial charge in [-0.05, 0) is 23.8 Å². The smallest absolute Gasteiger partial charge is 0.261 e. The van der Waals surface area contributed by atoms with Gasteiger partial charge in [0.15, 0.2) is 5.78 Å². The molecule has 0 atom stereocenters. The number of alkyl halides is 2. The monoisotopic (exact) mass is 269 g/mol. The molecule has 1 N–H and O–H groups in total. The second kappa shape index (κ2) is 5.88. The molecule has 0 aromatic heterocycles. The third-order valence-electron chi connectivity index (χ3n) is 2.77. The van der Waals surface area contributed by atoms with Crippen molar-refractivity contribution in [2.24, 2.45) is 0 Å². The summed E-state index contributed by atoms with van der Waals surface area (Å²) in [5.74, 6) is -0.281. The maximum absolute atomic E-state index is 11.8. The summed E-state index contributed by atoms with van der Waals surface area (Å²) in [5.41, 5.74) is 1.97. The average Bonchev–Trinajstić information content (AvgIpc) is 2.73. The molecular formula is C13H13F2NO3. The number of ketones is 1. The third kappa shape index (κ3) is 3.57. The number of halogens is 2. The topological polar surface area (TPSA) is 55.4 Å². The van der Waals surface area contributed by atoms with Crippen molar-refractivity contribution in [1.29, 1.82) is 0 Å². The summed E-state index contributed by atoms with van der Waals surface area (Å²) >= 11 is 0. The Labute approximate surface area is 108 Å². The van der Waals surface area contributed by atoms with Crippen LogP contribution in [0.2, 0.25) is 0 Å². The predicted molar refractivity (Wildman–Crippen MR) is 64.5 cm³/mol. The van der Waals surface area contributed by atoms with Crippen LogP contribution in [0.5, 0.6) is 0 Å². The van der Waals surface area contributed by atoms with Gasteiger partial charge >= 0.3 is 0 Å². The van der Waals surface area contributed by atoms with Gasteiger partial charge < -0.3 is 10.1 Å². The molecule has 0 fully saturated rings. The Bertz CT molecular complexity index is 503. The van der Waals surface area contributed by atoms with Crippen LogP contribution in [0.1, 0.15) is 22.3 Å². The summed E-state index contributed by atoms with van der Waals surface area (Å²) in [4.78, 5) is 23.0. The number of fused-ring (bicyclic) bond motifs is 1. The Morgan fingerprint density at radius 2 is 2.21 bits per heavy atom. The molecule has 1 amide bonds. The Morgan fingerprint density at radius 1 is 1.42 bits per heavy atom. The summed E-state index contributed by atoms with van der Waals surface area (Å²) in [6, 6.07) is 4.94. The number of anilines is 1. The molecule has 0 unspecified atom stereocenters. The molecule has 2 rings (SSSR count). The van der Waals surface area contributed by atoms with Crippen LogP contribution in [0.15, 0.2) is 18.2 Å². The van der Waals surface area contributed by atoms with Crippen molar-refractivity contribution >= 4 is 17.4 Å². The maximum atomic E-state index is 11.8. The fourth-order valence-electron chi connectivity index (χ4n) is 1.88. The Kier molecular flexibility index (Phi) is 4.21. The van der Waals surface area contributed by atoms with E-state index >= 15 is 0 Å². The summed E-state index contributed by atoms with van der Waals surface area (Å²) < 4.78 is 28.3. The Balaban J connectivity index is 1.90. The first kappa shape index (κ1) is 13.6. The quantitative estimate of drug-likeness (QED) is 0.635. The molecular weight excluding hydrogens is 256 g/mol. The number of benzene rings is 1. The van der Waals surface area contributed by atoms with E-state index < -0.39 is 13.0 Å². The largest absolute Gasteiger partial charge is 0.375 e. The highest BCUT2D eigenvalue weighted by Crippen LogP contribution is 2.24. The lowest BCUT2D eigenvalue weighted by Gasteiger charge is -2.05. The molecule has 19 heavy (non-hydrogen) atoms. The lowest BCUT2D eigenvalue weighted by Crippen LogP contribution is -2.09. The number of Topliss-reactive ketones (excluding diaryl/α,β-unsaturated/α-hetero) is 1. The molecule has 1 aliphatic heterocycles. The van der Waals surface area contributed by atoms with Gasteiger partial charge in [-0.15, -0.1) is 0 Å². The van der Waals surface area contributed by atoms with E-state index in [1.165, 1.54) is 0 Å². The first-order chi connectivity index (χ1) is 9.06. The molecule has 0 saturated heterocycles. The molecule has 4 nitrogen and oxygen atoms in total. The minimum absolute atomic E-state index is 0.0303. The summed E-state index contributed by atoms with van der Waals surface area (Å²) in [6.45, 7) is -0.687. The van der Waals surface area contributed by atoms with Crippen LogP contribution in [-0.2, 0) is 16.0 Å². The van der Waals surface area contributed by atoms with Crippen molar-refractivity contribution in [1.82, 2.24) is 0 Å². The molecule has 1 aromatic carbocycles. The highest BCUT2D eigenvalue weighted by molar-refractivity contribution is 6.02.